The summed E-state index contributed by atoms with van der Waals surface area (Å²) in [5.74, 6) is 0.536. The summed E-state index contributed by atoms with van der Waals surface area (Å²) in [7, 11) is 0. The van der Waals surface area contributed by atoms with Crippen LogP contribution in [0.3, 0.4) is 0 Å². The molecule has 1 atom stereocenters. The van der Waals surface area contributed by atoms with E-state index in [0.717, 1.165) is 10.8 Å². The van der Waals surface area contributed by atoms with Crippen LogP contribution in [0.2, 0.25) is 0 Å². The van der Waals surface area contributed by atoms with Crippen LogP contribution in [0.5, 0.6) is 0 Å². The SMILES string of the molecule is CC(C)N1C[C@H](C(=O)NCCSc2cn[nH]n2)CC1=O. The minimum Gasteiger partial charge on any atom is -0.355 e. The van der Waals surface area contributed by atoms with Crippen molar-refractivity contribution in [1.82, 2.24) is 25.6 Å². The summed E-state index contributed by atoms with van der Waals surface area (Å²) in [6, 6.07) is 0.156. The van der Waals surface area contributed by atoms with Gasteiger partial charge in [0, 0.05) is 31.3 Å². The Kier molecular flexibility index (Phi) is 4.99. The predicted molar refractivity (Wildman–Crippen MR) is 75.1 cm³/mol. The predicted octanol–water partition coefficient (Wildman–Crippen LogP) is 0.270. The van der Waals surface area contributed by atoms with Crippen molar-refractivity contribution >= 4 is 23.6 Å². The number of rotatable bonds is 6. The van der Waals surface area contributed by atoms with Gasteiger partial charge in [0.1, 0.15) is 5.03 Å². The zero-order chi connectivity index (χ0) is 14.5. The molecule has 1 aromatic heterocycles. The minimum atomic E-state index is -0.220. The molecule has 2 rings (SSSR count). The summed E-state index contributed by atoms with van der Waals surface area (Å²) < 4.78 is 0. The highest BCUT2D eigenvalue weighted by Gasteiger charge is 2.35. The van der Waals surface area contributed by atoms with Gasteiger partial charge in [-0.15, -0.1) is 16.9 Å². The van der Waals surface area contributed by atoms with Gasteiger partial charge >= 0.3 is 0 Å². The molecule has 1 saturated heterocycles. The van der Waals surface area contributed by atoms with Gasteiger partial charge in [-0.3, -0.25) is 9.59 Å². The molecule has 2 amide bonds. The number of nitrogens with one attached hydrogen (secondary N) is 2. The molecular weight excluding hydrogens is 278 g/mol. The third-order valence-electron chi connectivity index (χ3n) is 3.20. The topological polar surface area (TPSA) is 91.0 Å². The quantitative estimate of drug-likeness (QED) is 0.581. The lowest BCUT2D eigenvalue weighted by molar-refractivity contribution is -0.129. The molecule has 0 radical (unpaired) electrons. The molecule has 1 aromatic rings. The van der Waals surface area contributed by atoms with E-state index >= 15 is 0 Å². The van der Waals surface area contributed by atoms with Gasteiger partial charge in [-0.25, -0.2) is 0 Å². The normalized spacial score (nSPS) is 18.9. The molecule has 7 nitrogen and oxygen atoms in total. The first-order chi connectivity index (χ1) is 9.58. The Morgan fingerprint density at radius 3 is 3.05 bits per heavy atom. The highest BCUT2D eigenvalue weighted by atomic mass is 32.2. The van der Waals surface area contributed by atoms with Gasteiger partial charge in [0.25, 0.3) is 0 Å². The molecule has 110 valence electrons. The fraction of sp³-hybridized carbons (Fsp3) is 0.667. The van der Waals surface area contributed by atoms with Gasteiger partial charge in [-0.2, -0.15) is 10.3 Å². The standard InChI is InChI=1S/C12H19N5O2S/c1-8(2)17-7-9(5-11(17)18)12(19)13-3-4-20-10-6-14-16-15-10/h6,8-9H,3-5,7H2,1-2H3,(H,13,19)(H,14,15,16)/t9-/m1/s1. The van der Waals surface area contributed by atoms with E-state index in [2.05, 4.69) is 20.7 Å². The van der Waals surface area contributed by atoms with E-state index in [4.69, 9.17) is 0 Å². The minimum absolute atomic E-state index is 0.0396. The number of carbonyl (C=O) groups excluding carboxylic acids is 2. The molecule has 8 heteroatoms. The zero-order valence-corrected chi connectivity index (χ0v) is 12.4. The fourth-order valence-corrected chi connectivity index (χ4v) is 2.79. The number of carbonyl (C=O) groups is 2. The highest BCUT2D eigenvalue weighted by Crippen LogP contribution is 2.20. The van der Waals surface area contributed by atoms with E-state index in [1.165, 1.54) is 11.8 Å². The first-order valence-electron chi connectivity index (χ1n) is 6.63. The Labute approximate surface area is 121 Å². The molecule has 1 aliphatic heterocycles. The number of aromatic amines is 1. The molecule has 2 heterocycles. The van der Waals surface area contributed by atoms with Crippen molar-refractivity contribution in [1.29, 1.82) is 0 Å². The molecule has 1 aliphatic rings. The van der Waals surface area contributed by atoms with E-state index in [9.17, 15) is 9.59 Å². The smallest absolute Gasteiger partial charge is 0.225 e. The van der Waals surface area contributed by atoms with Gasteiger partial charge in [0.2, 0.25) is 11.8 Å². The van der Waals surface area contributed by atoms with Crippen LogP contribution < -0.4 is 5.32 Å². The highest BCUT2D eigenvalue weighted by molar-refractivity contribution is 7.99. The molecule has 20 heavy (non-hydrogen) atoms. The summed E-state index contributed by atoms with van der Waals surface area (Å²) in [6.07, 6.45) is 1.96. The van der Waals surface area contributed by atoms with Crippen LogP contribution in [0, 0.1) is 5.92 Å². The van der Waals surface area contributed by atoms with E-state index in [-0.39, 0.29) is 23.8 Å². The van der Waals surface area contributed by atoms with Crippen molar-refractivity contribution in [3.8, 4) is 0 Å². The van der Waals surface area contributed by atoms with E-state index < -0.39 is 0 Å². The Hall–Kier alpha value is -1.57. The van der Waals surface area contributed by atoms with Crippen LogP contribution in [0.15, 0.2) is 11.2 Å². The molecule has 1 fully saturated rings. The lowest BCUT2D eigenvalue weighted by Crippen LogP contribution is -2.36. The molecule has 0 aliphatic carbocycles. The second-order valence-electron chi connectivity index (χ2n) is 4.99. The van der Waals surface area contributed by atoms with E-state index in [0.29, 0.717) is 19.5 Å². The zero-order valence-electron chi connectivity index (χ0n) is 11.6. The molecular formula is C12H19N5O2S. The number of hydrogen-bond acceptors (Lipinski definition) is 5. The number of H-pyrrole nitrogens is 1. The van der Waals surface area contributed by atoms with Crippen LogP contribution in [-0.2, 0) is 9.59 Å². The monoisotopic (exact) mass is 297 g/mol. The number of nitrogens with zero attached hydrogens (tertiary/aromatic N) is 3. The van der Waals surface area contributed by atoms with Gasteiger partial charge in [0.15, 0.2) is 0 Å². The number of hydrogen-bond donors (Lipinski definition) is 2. The van der Waals surface area contributed by atoms with Crippen molar-refractivity contribution in [2.24, 2.45) is 5.92 Å². The van der Waals surface area contributed by atoms with Crippen LogP contribution in [0.1, 0.15) is 20.3 Å². The molecule has 0 aromatic carbocycles. The van der Waals surface area contributed by atoms with Crippen LogP contribution >= 0.6 is 11.8 Å². The third-order valence-corrected chi connectivity index (χ3v) is 4.10. The maximum atomic E-state index is 12.0. The van der Waals surface area contributed by atoms with Gasteiger partial charge in [0.05, 0.1) is 12.1 Å². The van der Waals surface area contributed by atoms with Crippen LogP contribution in [0.25, 0.3) is 0 Å². The summed E-state index contributed by atoms with van der Waals surface area (Å²) in [5, 5.41) is 13.8. The first kappa shape index (κ1) is 14.8. The van der Waals surface area contributed by atoms with Gasteiger partial charge in [-0.1, -0.05) is 0 Å². The lowest BCUT2D eigenvalue weighted by Gasteiger charge is -2.20. The van der Waals surface area contributed by atoms with E-state index in [1.807, 2.05) is 13.8 Å². The van der Waals surface area contributed by atoms with Crippen molar-refractivity contribution in [3.05, 3.63) is 6.20 Å². The summed E-state index contributed by atoms with van der Waals surface area (Å²) in [6.45, 7) is 5.01. The van der Waals surface area contributed by atoms with Crippen molar-refractivity contribution in [2.45, 2.75) is 31.3 Å². The lowest BCUT2D eigenvalue weighted by atomic mass is 10.1. The summed E-state index contributed by atoms with van der Waals surface area (Å²) in [5.41, 5.74) is 0. The second-order valence-corrected chi connectivity index (χ2v) is 6.10. The number of amides is 2. The number of likely N-dealkylation sites (tertiary alicyclic amines) is 1. The summed E-state index contributed by atoms with van der Waals surface area (Å²) >= 11 is 1.52. The Bertz CT molecular complexity index is 462. The molecule has 2 N–H and O–H groups in total. The Balaban J connectivity index is 1.69. The molecule has 0 bridgehead atoms. The van der Waals surface area contributed by atoms with Crippen LogP contribution in [0.4, 0.5) is 0 Å². The largest absolute Gasteiger partial charge is 0.355 e. The van der Waals surface area contributed by atoms with Crippen molar-refractivity contribution < 1.29 is 9.59 Å². The van der Waals surface area contributed by atoms with Crippen molar-refractivity contribution in [2.75, 3.05) is 18.8 Å². The second kappa shape index (κ2) is 6.74. The van der Waals surface area contributed by atoms with Gasteiger partial charge in [-0.05, 0) is 13.8 Å². The van der Waals surface area contributed by atoms with Crippen LogP contribution in [-0.4, -0.2) is 57.0 Å². The average molecular weight is 297 g/mol. The molecule has 0 unspecified atom stereocenters. The third kappa shape index (κ3) is 3.72. The molecule has 0 spiro atoms. The average Bonchev–Trinajstić information content (AvgIpc) is 3.03. The molecule has 0 saturated carbocycles. The van der Waals surface area contributed by atoms with Gasteiger partial charge < -0.3 is 10.2 Å². The number of thioether (sulfide) groups is 1. The Morgan fingerprint density at radius 1 is 1.65 bits per heavy atom. The fourth-order valence-electron chi connectivity index (χ4n) is 2.14. The summed E-state index contributed by atoms with van der Waals surface area (Å²) in [4.78, 5) is 25.5. The van der Waals surface area contributed by atoms with E-state index in [1.54, 1.807) is 11.1 Å². The maximum Gasteiger partial charge on any atom is 0.225 e. The number of aromatic nitrogens is 3. The van der Waals surface area contributed by atoms with Crippen molar-refractivity contribution in [3.63, 3.8) is 0 Å². The maximum absolute atomic E-state index is 12.0. The Morgan fingerprint density at radius 2 is 2.45 bits per heavy atom. The first-order valence-corrected chi connectivity index (χ1v) is 7.62.